The maximum Gasteiger partial charge on any atom is 0.244 e. The molecule has 1 atom stereocenters. The second-order valence-electron chi connectivity index (χ2n) is 7.92. The summed E-state index contributed by atoms with van der Waals surface area (Å²) in [6.45, 7) is 3.39. The van der Waals surface area contributed by atoms with Crippen LogP contribution >= 0.6 is 0 Å². The minimum atomic E-state index is -3.86. The van der Waals surface area contributed by atoms with E-state index in [1.54, 1.807) is 13.0 Å². The summed E-state index contributed by atoms with van der Waals surface area (Å²) in [5.74, 6) is -0.545. The lowest BCUT2D eigenvalue weighted by atomic mass is 10.1. The van der Waals surface area contributed by atoms with Crippen molar-refractivity contribution >= 4 is 27.5 Å². The molecule has 3 rings (SSSR count). The van der Waals surface area contributed by atoms with Gasteiger partial charge < -0.3 is 19.7 Å². The molecule has 34 heavy (non-hydrogen) atoms. The highest BCUT2D eigenvalue weighted by atomic mass is 32.2. The Morgan fingerprint density at radius 3 is 2.44 bits per heavy atom. The van der Waals surface area contributed by atoms with Crippen LogP contribution in [-0.2, 0) is 26.2 Å². The number of halogens is 1. The molecule has 0 spiro atoms. The number of fused-ring (bicyclic) bond motifs is 1. The van der Waals surface area contributed by atoms with Crippen LogP contribution in [0.5, 0.6) is 11.5 Å². The van der Waals surface area contributed by atoms with Gasteiger partial charge in [-0.1, -0.05) is 19.1 Å². The van der Waals surface area contributed by atoms with E-state index >= 15 is 0 Å². The first-order chi connectivity index (χ1) is 16.1. The standard InChI is InChI=1S/C23H28FN3O6S/c1-4-11-25-23(29)16(2)26(13-17-5-7-18(24)8-6-17)22(28)14-27(34(3,30)31)19-9-10-20-21(12-19)33-15-32-20/h5-10,12,16H,4,11,13-15H2,1-3H3,(H,25,29)/t16-/m0/s1. The van der Waals surface area contributed by atoms with Gasteiger partial charge in [0.05, 0.1) is 11.9 Å². The number of rotatable bonds is 10. The van der Waals surface area contributed by atoms with E-state index in [1.807, 2.05) is 6.92 Å². The third kappa shape index (κ3) is 6.16. The minimum absolute atomic E-state index is 0.00142. The Morgan fingerprint density at radius 2 is 1.79 bits per heavy atom. The Morgan fingerprint density at radius 1 is 1.12 bits per heavy atom. The van der Waals surface area contributed by atoms with Gasteiger partial charge in [0.1, 0.15) is 18.4 Å². The summed E-state index contributed by atoms with van der Waals surface area (Å²) >= 11 is 0. The molecule has 0 aromatic heterocycles. The van der Waals surface area contributed by atoms with Crippen molar-refractivity contribution in [3.63, 3.8) is 0 Å². The molecule has 0 bridgehead atoms. The zero-order valence-electron chi connectivity index (χ0n) is 19.3. The highest BCUT2D eigenvalue weighted by molar-refractivity contribution is 7.92. The second kappa shape index (κ2) is 10.7. The number of nitrogens with zero attached hydrogens (tertiary/aromatic N) is 2. The van der Waals surface area contributed by atoms with Crippen molar-refractivity contribution in [1.82, 2.24) is 10.2 Å². The Kier molecular flexibility index (Phi) is 7.98. The molecule has 1 heterocycles. The zero-order valence-corrected chi connectivity index (χ0v) is 20.1. The third-order valence-corrected chi connectivity index (χ3v) is 6.45. The maximum atomic E-state index is 13.4. The van der Waals surface area contributed by atoms with E-state index in [-0.39, 0.29) is 24.9 Å². The summed E-state index contributed by atoms with van der Waals surface area (Å²) in [6, 6.07) is 9.23. The van der Waals surface area contributed by atoms with Gasteiger partial charge in [0.25, 0.3) is 0 Å². The Balaban J connectivity index is 1.89. The fraction of sp³-hybridized carbons (Fsp3) is 0.391. The quantitative estimate of drug-likeness (QED) is 0.544. The normalized spacial score (nSPS) is 13.3. The van der Waals surface area contributed by atoms with Crippen LogP contribution in [0.4, 0.5) is 10.1 Å². The summed E-state index contributed by atoms with van der Waals surface area (Å²) < 4.78 is 50.1. The first kappa shape index (κ1) is 25.3. The molecule has 1 N–H and O–H groups in total. The lowest BCUT2D eigenvalue weighted by molar-refractivity contribution is -0.139. The van der Waals surface area contributed by atoms with Crippen LogP contribution in [0.2, 0.25) is 0 Å². The molecule has 0 aliphatic carbocycles. The van der Waals surface area contributed by atoms with Crippen LogP contribution in [0.3, 0.4) is 0 Å². The fourth-order valence-electron chi connectivity index (χ4n) is 3.42. The summed E-state index contributed by atoms with van der Waals surface area (Å²) in [6.07, 6.45) is 1.71. The third-order valence-electron chi connectivity index (χ3n) is 5.31. The largest absolute Gasteiger partial charge is 0.454 e. The molecule has 0 fully saturated rings. The van der Waals surface area contributed by atoms with Gasteiger partial charge in [0, 0.05) is 19.2 Å². The van der Waals surface area contributed by atoms with Crippen molar-refractivity contribution in [2.45, 2.75) is 32.9 Å². The maximum absolute atomic E-state index is 13.4. The number of amides is 2. The van der Waals surface area contributed by atoms with Gasteiger partial charge in [0.2, 0.25) is 28.6 Å². The highest BCUT2D eigenvalue weighted by Gasteiger charge is 2.30. The van der Waals surface area contributed by atoms with E-state index < -0.39 is 34.3 Å². The zero-order chi connectivity index (χ0) is 24.9. The molecule has 0 radical (unpaired) electrons. The van der Waals surface area contributed by atoms with Gasteiger partial charge in [-0.25, -0.2) is 12.8 Å². The highest BCUT2D eigenvalue weighted by Crippen LogP contribution is 2.36. The predicted octanol–water partition coefficient (Wildman–Crippen LogP) is 2.26. The Bertz CT molecular complexity index is 1140. The van der Waals surface area contributed by atoms with Crippen LogP contribution in [0, 0.1) is 5.82 Å². The van der Waals surface area contributed by atoms with Gasteiger partial charge >= 0.3 is 0 Å². The molecule has 0 unspecified atom stereocenters. The molecule has 2 aromatic carbocycles. The molecular formula is C23H28FN3O6S. The lowest BCUT2D eigenvalue weighted by Gasteiger charge is -2.31. The van der Waals surface area contributed by atoms with Crippen molar-refractivity contribution in [3.05, 3.63) is 53.8 Å². The summed E-state index contributed by atoms with van der Waals surface area (Å²) in [4.78, 5) is 27.3. The number of nitrogens with one attached hydrogen (secondary N) is 1. The van der Waals surface area contributed by atoms with Crippen molar-refractivity contribution in [3.8, 4) is 11.5 Å². The first-order valence-corrected chi connectivity index (χ1v) is 12.6. The Hall–Kier alpha value is -3.34. The average molecular weight is 494 g/mol. The van der Waals surface area contributed by atoms with Crippen molar-refractivity contribution in [1.29, 1.82) is 0 Å². The molecule has 184 valence electrons. The summed E-state index contributed by atoms with van der Waals surface area (Å²) in [7, 11) is -3.86. The summed E-state index contributed by atoms with van der Waals surface area (Å²) in [5.41, 5.74) is 0.823. The summed E-state index contributed by atoms with van der Waals surface area (Å²) in [5, 5.41) is 2.75. The van der Waals surface area contributed by atoms with Crippen molar-refractivity contribution < 1.29 is 31.9 Å². The predicted molar refractivity (Wildman–Crippen MR) is 124 cm³/mol. The monoisotopic (exact) mass is 493 g/mol. The van der Waals surface area contributed by atoms with Gasteiger partial charge in [-0.3, -0.25) is 13.9 Å². The Labute approximate surface area is 198 Å². The van der Waals surface area contributed by atoms with E-state index in [4.69, 9.17) is 9.47 Å². The topological polar surface area (TPSA) is 105 Å². The van der Waals surface area contributed by atoms with Crippen LogP contribution in [-0.4, -0.2) is 57.3 Å². The molecule has 2 aromatic rings. The van der Waals surface area contributed by atoms with Crippen LogP contribution in [0.1, 0.15) is 25.8 Å². The molecule has 2 amide bonds. The van der Waals surface area contributed by atoms with Crippen LogP contribution in [0.25, 0.3) is 0 Å². The van der Waals surface area contributed by atoms with E-state index in [2.05, 4.69) is 5.32 Å². The van der Waals surface area contributed by atoms with E-state index in [1.165, 1.54) is 41.3 Å². The van der Waals surface area contributed by atoms with Crippen molar-refractivity contribution in [2.24, 2.45) is 0 Å². The van der Waals surface area contributed by atoms with Gasteiger partial charge in [-0.15, -0.1) is 0 Å². The second-order valence-corrected chi connectivity index (χ2v) is 9.83. The van der Waals surface area contributed by atoms with E-state index in [0.717, 1.165) is 17.0 Å². The average Bonchev–Trinajstić information content (AvgIpc) is 3.27. The number of hydrogen-bond acceptors (Lipinski definition) is 6. The van der Waals surface area contributed by atoms with Gasteiger partial charge in [0.15, 0.2) is 11.5 Å². The molecule has 0 saturated carbocycles. The van der Waals surface area contributed by atoms with Gasteiger partial charge in [-0.05, 0) is 43.2 Å². The van der Waals surface area contributed by atoms with Crippen molar-refractivity contribution in [2.75, 3.05) is 30.4 Å². The molecule has 0 saturated heterocycles. The number of benzene rings is 2. The van der Waals surface area contributed by atoms with Crippen LogP contribution in [0.15, 0.2) is 42.5 Å². The molecule has 9 nitrogen and oxygen atoms in total. The first-order valence-electron chi connectivity index (χ1n) is 10.8. The SMILES string of the molecule is CCCNC(=O)[C@H](C)N(Cc1ccc(F)cc1)C(=O)CN(c1ccc2c(c1)OCO2)S(C)(=O)=O. The van der Waals surface area contributed by atoms with E-state index in [9.17, 15) is 22.4 Å². The molecule has 1 aliphatic rings. The lowest BCUT2D eigenvalue weighted by Crippen LogP contribution is -2.51. The minimum Gasteiger partial charge on any atom is -0.454 e. The molecule has 1 aliphatic heterocycles. The van der Waals surface area contributed by atoms with Crippen LogP contribution < -0.4 is 19.1 Å². The fourth-order valence-corrected chi connectivity index (χ4v) is 4.26. The van der Waals surface area contributed by atoms with Gasteiger partial charge in [-0.2, -0.15) is 0 Å². The molecule has 11 heteroatoms. The number of carbonyl (C=O) groups is 2. The molecular weight excluding hydrogens is 465 g/mol. The van der Waals surface area contributed by atoms with E-state index in [0.29, 0.717) is 23.6 Å². The number of sulfonamides is 1. The number of anilines is 1. The number of hydrogen-bond donors (Lipinski definition) is 1. The number of carbonyl (C=O) groups excluding carboxylic acids is 2. The smallest absolute Gasteiger partial charge is 0.244 e. The number of ether oxygens (including phenoxy) is 2.